The van der Waals surface area contributed by atoms with Crippen molar-refractivity contribution in [2.75, 3.05) is 13.2 Å². The molecule has 3 rings (SSSR count). The van der Waals surface area contributed by atoms with Gasteiger partial charge in [0.2, 0.25) is 0 Å². The molecule has 0 aromatic carbocycles. The van der Waals surface area contributed by atoms with Gasteiger partial charge in [0.1, 0.15) is 0 Å². The molecule has 4 heteroatoms. The van der Waals surface area contributed by atoms with E-state index in [1.807, 2.05) is 13.0 Å². The van der Waals surface area contributed by atoms with Crippen LogP contribution in [0.3, 0.4) is 0 Å². The Bertz CT molecular complexity index is 510. The molecular weight excluding hydrogens is 240 g/mol. The van der Waals surface area contributed by atoms with Crippen LogP contribution in [-0.4, -0.2) is 28.7 Å². The van der Waals surface area contributed by atoms with Crippen molar-refractivity contribution in [3.05, 3.63) is 23.0 Å². The molecule has 0 unspecified atom stereocenters. The second-order valence-electron chi connectivity index (χ2n) is 6.23. The Kier molecular flexibility index (Phi) is 2.93. The van der Waals surface area contributed by atoms with Gasteiger partial charge in [-0.05, 0) is 45.6 Å². The summed E-state index contributed by atoms with van der Waals surface area (Å²) in [6.07, 6.45) is 4.49. The van der Waals surface area contributed by atoms with Gasteiger partial charge < -0.3 is 15.0 Å². The van der Waals surface area contributed by atoms with Crippen LogP contribution < -0.4 is 5.32 Å². The predicted octanol–water partition coefficient (Wildman–Crippen LogP) is 1.94. The topological polar surface area (TPSA) is 54.3 Å². The number of aromatic nitrogens is 1. The molecule has 0 spiro atoms. The Hall–Kier alpha value is -1.29. The summed E-state index contributed by atoms with van der Waals surface area (Å²) >= 11 is 0. The van der Waals surface area contributed by atoms with Crippen LogP contribution >= 0.6 is 0 Å². The number of nitrogens with one attached hydrogen (secondary N) is 1. The van der Waals surface area contributed by atoms with E-state index in [4.69, 9.17) is 0 Å². The molecule has 2 aliphatic rings. The van der Waals surface area contributed by atoms with Gasteiger partial charge >= 0.3 is 0 Å². The lowest BCUT2D eigenvalue weighted by atomic mass is 10.1. The number of amides is 1. The Morgan fingerprint density at radius 2 is 2.16 bits per heavy atom. The smallest absolute Gasteiger partial charge is 0.253 e. The van der Waals surface area contributed by atoms with Crippen LogP contribution in [0.2, 0.25) is 0 Å². The number of aliphatic hydroxyl groups is 1. The highest BCUT2D eigenvalue weighted by molar-refractivity contribution is 5.95. The molecule has 1 aromatic rings. The number of carbonyl (C=O) groups excluding carboxylic acids is 1. The summed E-state index contributed by atoms with van der Waals surface area (Å²) in [4.78, 5) is 12.3. The van der Waals surface area contributed by atoms with Crippen molar-refractivity contribution >= 4 is 5.91 Å². The van der Waals surface area contributed by atoms with Crippen molar-refractivity contribution in [3.8, 4) is 0 Å². The Morgan fingerprint density at radius 1 is 1.47 bits per heavy atom. The van der Waals surface area contributed by atoms with Gasteiger partial charge in [-0.3, -0.25) is 4.79 Å². The number of aryl methyl sites for hydroxylation is 1. The predicted molar refractivity (Wildman–Crippen MR) is 73.3 cm³/mol. The highest BCUT2D eigenvalue weighted by Gasteiger charge is 2.42. The summed E-state index contributed by atoms with van der Waals surface area (Å²) in [6.45, 7) is 4.86. The number of carbonyl (C=O) groups is 1. The zero-order chi connectivity index (χ0) is 13.6. The summed E-state index contributed by atoms with van der Waals surface area (Å²) in [5.41, 5.74) is 3.01. The van der Waals surface area contributed by atoms with E-state index in [2.05, 4.69) is 16.8 Å². The van der Waals surface area contributed by atoms with E-state index in [-0.39, 0.29) is 17.9 Å². The molecule has 0 atom stereocenters. The number of aliphatic hydroxyl groups excluding tert-OH is 1. The van der Waals surface area contributed by atoms with Crippen molar-refractivity contribution < 1.29 is 9.90 Å². The Labute approximate surface area is 113 Å². The quantitative estimate of drug-likeness (QED) is 0.852. The summed E-state index contributed by atoms with van der Waals surface area (Å²) in [6, 6.07) is 2.59. The first-order valence-electron chi connectivity index (χ1n) is 7.14. The van der Waals surface area contributed by atoms with Gasteiger partial charge in [-0.15, -0.1) is 0 Å². The normalized spacial score (nSPS) is 20.4. The maximum Gasteiger partial charge on any atom is 0.253 e. The van der Waals surface area contributed by atoms with Crippen LogP contribution in [0.5, 0.6) is 0 Å². The fourth-order valence-electron chi connectivity index (χ4n) is 2.83. The second kappa shape index (κ2) is 4.37. The molecule has 1 amide bonds. The van der Waals surface area contributed by atoms with Gasteiger partial charge in [-0.25, -0.2) is 0 Å². The molecule has 1 heterocycles. The van der Waals surface area contributed by atoms with Crippen LogP contribution in [0.25, 0.3) is 0 Å². The van der Waals surface area contributed by atoms with Crippen LogP contribution in [0, 0.1) is 19.3 Å². The lowest BCUT2D eigenvalue weighted by Gasteiger charge is -2.13. The minimum absolute atomic E-state index is 0.000255. The van der Waals surface area contributed by atoms with Gasteiger partial charge in [-0.1, -0.05) is 0 Å². The van der Waals surface area contributed by atoms with E-state index in [1.54, 1.807) is 0 Å². The lowest BCUT2D eigenvalue weighted by Crippen LogP contribution is -2.32. The van der Waals surface area contributed by atoms with E-state index in [9.17, 15) is 9.90 Å². The third kappa shape index (κ3) is 2.29. The maximum atomic E-state index is 12.3. The second-order valence-corrected chi connectivity index (χ2v) is 6.23. The van der Waals surface area contributed by atoms with E-state index >= 15 is 0 Å². The lowest BCUT2D eigenvalue weighted by molar-refractivity contribution is 0.0934. The Morgan fingerprint density at radius 3 is 2.68 bits per heavy atom. The largest absolute Gasteiger partial charge is 0.396 e. The fraction of sp³-hybridized carbons (Fsp3) is 0.667. The van der Waals surface area contributed by atoms with E-state index in [0.717, 1.165) is 24.1 Å². The fourth-order valence-corrected chi connectivity index (χ4v) is 2.83. The van der Waals surface area contributed by atoms with Crippen LogP contribution in [0.1, 0.15) is 53.5 Å². The van der Waals surface area contributed by atoms with Crippen molar-refractivity contribution in [2.24, 2.45) is 5.41 Å². The molecule has 2 N–H and O–H groups in total. The molecule has 0 bridgehead atoms. The molecular formula is C15H22N2O2. The van der Waals surface area contributed by atoms with Crippen molar-refractivity contribution in [1.82, 2.24) is 9.88 Å². The molecule has 0 radical (unpaired) electrons. The monoisotopic (exact) mass is 262 g/mol. The third-order valence-electron chi connectivity index (χ3n) is 4.56. The van der Waals surface area contributed by atoms with Gasteiger partial charge in [0.25, 0.3) is 5.91 Å². The van der Waals surface area contributed by atoms with Gasteiger partial charge in [0.15, 0.2) is 0 Å². The first-order valence-corrected chi connectivity index (χ1v) is 7.14. The van der Waals surface area contributed by atoms with Gasteiger partial charge in [-0.2, -0.15) is 0 Å². The molecule has 0 saturated heterocycles. The molecule has 2 saturated carbocycles. The summed E-state index contributed by atoms with van der Waals surface area (Å²) in [5.74, 6) is -0.000255. The average molecular weight is 262 g/mol. The van der Waals surface area contributed by atoms with Crippen LogP contribution in [0.15, 0.2) is 6.07 Å². The van der Waals surface area contributed by atoms with Crippen molar-refractivity contribution in [2.45, 2.75) is 45.6 Å². The van der Waals surface area contributed by atoms with Crippen molar-refractivity contribution in [3.63, 3.8) is 0 Å². The maximum absolute atomic E-state index is 12.3. The van der Waals surface area contributed by atoms with E-state index < -0.39 is 0 Å². The van der Waals surface area contributed by atoms with Crippen LogP contribution in [0.4, 0.5) is 0 Å². The number of hydrogen-bond donors (Lipinski definition) is 2. The minimum Gasteiger partial charge on any atom is -0.396 e. The molecule has 0 aliphatic heterocycles. The average Bonchev–Trinajstić information content (AvgIpc) is 3.29. The minimum atomic E-state index is -0.0301. The zero-order valence-corrected chi connectivity index (χ0v) is 11.7. The molecule has 2 aliphatic carbocycles. The summed E-state index contributed by atoms with van der Waals surface area (Å²) in [5, 5.41) is 12.2. The van der Waals surface area contributed by atoms with E-state index in [0.29, 0.717) is 12.6 Å². The number of nitrogens with zero attached hydrogens (tertiary/aromatic N) is 1. The Balaban J connectivity index is 1.71. The summed E-state index contributed by atoms with van der Waals surface area (Å²) < 4.78 is 2.29. The molecule has 2 fully saturated rings. The highest BCUT2D eigenvalue weighted by atomic mass is 16.3. The standard InChI is InChI=1S/C15H22N2O2/c1-10-7-13(11(2)17(10)12-3-4-12)14(19)16-8-15(9-18)5-6-15/h7,12,18H,3-6,8-9H2,1-2H3,(H,16,19). The van der Waals surface area contributed by atoms with Gasteiger partial charge in [0.05, 0.1) is 12.2 Å². The van der Waals surface area contributed by atoms with Gasteiger partial charge in [0, 0.05) is 29.4 Å². The van der Waals surface area contributed by atoms with Crippen LogP contribution in [-0.2, 0) is 0 Å². The number of hydrogen-bond acceptors (Lipinski definition) is 2. The third-order valence-corrected chi connectivity index (χ3v) is 4.56. The number of rotatable bonds is 5. The SMILES string of the molecule is Cc1cc(C(=O)NCC2(CO)CC2)c(C)n1C1CC1. The zero-order valence-electron chi connectivity index (χ0n) is 11.7. The molecule has 4 nitrogen and oxygen atoms in total. The van der Waals surface area contributed by atoms with Crippen molar-refractivity contribution in [1.29, 1.82) is 0 Å². The van der Waals surface area contributed by atoms with E-state index in [1.165, 1.54) is 18.5 Å². The molecule has 104 valence electrons. The first-order chi connectivity index (χ1) is 9.06. The molecule has 19 heavy (non-hydrogen) atoms. The summed E-state index contributed by atoms with van der Waals surface area (Å²) in [7, 11) is 0. The molecule has 1 aromatic heterocycles. The first kappa shape index (κ1) is 12.7. The highest BCUT2D eigenvalue weighted by Crippen LogP contribution is 2.44.